The number of hydrogen-bond donors (Lipinski definition) is 1. The highest BCUT2D eigenvalue weighted by Crippen LogP contribution is 2.29. The summed E-state index contributed by atoms with van der Waals surface area (Å²) in [5.74, 6) is 5.19. The lowest BCUT2D eigenvalue weighted by atomic mass is 10.1. The topological polar surface area (TPSA) is 95.7 Å². The number of nitrogens with two attached hydrogens (primary N) is 1. The number of carbonyl (C=O) groups excluding carboxylic acids is 1. The Hall–Kier alpha value is -3.60. The van der Waals surface area contributed by atoms with Gasteiger partial charge in [-0.25, -0.2) is 13.2 Å². The van der Waals surface area contributed by atoms with Gasteiger partial charge in [0.1, 0.15) is 5.75 Å². The summed E-state index contributed by atoms with van der Waals surface area (Å²) in [7, 11) is -1.62. The van der Waals surface area contributed by atoms with Gasteiger partial charge in [-0.1, -0.05) is 54.3 Å². The van der Waals surface area contributed by atoms with Crippen molar-refractivity contribution in [1.82, 2.24) is 0 Å². The molecule has 32 heavy (non-hydrogen) atoms. The van der Waals surface area contributed by atoms with Crippen molar-refractivity contribution in [3.8, 4) is 28.7 Å². The number of hydrogen-bond acceptors (Lipinski definition) is 6. The van der Waals surface area contributed by atoms with Crippen molar-refractivity contribution in [3.63, 3.8) is 0 Å². The van der Waals surface area contributed by atoms with Gasteiger partial charge in [-0.05, 0) is 47.5 Å². The van der Waals surface area contributed by atoms with Crippen LogP contribution in [0.3, 0.4) is 0 Å². The molecule has 0 amide bonds. The fraction of sp³-hybridized carbons (Fsp3) is 0.160. The summed E-state index contributed by atoms with van der Waals surface area (Å²) in [6.45, 7) is 0. The molecular weight excluding hydrogens is 426 g/mol. The molecule has 6 nitrogen and oxygen atoms in total. The van der Waals surface area contributed by atoms with Crippen LogP contribution in [0.2, 0.25) is 0 Å². The van der Waals surface area contributed by atoms with Crippen molar-refractivity contribution in [2.75, 3.05) is 14.2 Å². The fourth-order valence-electron chi connectivity index (χ4n) is 3.07. The van der Waals surface area contributed by atoms with Crippen molar-refractivity contribution >= 4 is 15.8 Å². The zero-order valence-electron chi connectivity index (χ0n) is 17.7. The molecule has 3 aromatic carbocycles. The molecule has 0 spiro atoms. The number of methoxy groups -OCH3 is 2. The number of sulfone groups is 1. The number of ether oxygens (including phenoxy) is 2. The standard InChI is InChI=1S/C25H23NO5S/c1-30-22-14-10-20(11-15-22)21-12-16-23(17-13-21)32(28,29)25(26,24(27)31-2)18-6-9-19-7-4-3-5-8-19/h3-5,7-8,10-17H,18,26H2,1-2H3. The minimum absolute atomic E-state index is 0.0934. The molecular formula is C25H23NO5S. The summed E-state index contributed by atoms with van der Waals surface area (Å²) >= 11 is 0. The maximum atomic E-state index is 13.3. The molecule has 0 saturated carbocycles. The van der Waals surface area contributed by atoms with Gasteiger partial charge >= 0.3 is 5.97 Å². The van der Waals surface area contributed by atoms with Gasteiger partial charge in [0.2, 0.25) is 14.7 Å². The highest BCUT2D eigenvalue weighted by Gasteiger charge is 2.49. The Bertz CT molecular complexity index is 1240. The van der Waals surface area contributed by atoms with Crippen molar-refractivity contribution in [1.29, 1.82) is 0 Å². The molecule has 0 fully saturated rings. The molecule has 0 radical (unpaired) electrons. The highest BCUT2D eigenvalue weighted by atomic mass is 32.2. The van der Waals surface area contributed by atoms with E-state index in [1.165, 1.54) is 12.1 Å². The Balaban J connectivity index is 1.92. The minimum atomic E-state index is -4.30. The number of carbonyl (C=O) groups is 1. The summed E-state index contributed by atoms with van der Waals surface area (Å²) in [6, 6.07) is 22.5. The first-order valence-corrected chi connectivity index (χ1v) is 11.2. The van der Waals surface area contributed by atoms with Crippen molar-refractivity contribution in [2.45, 2.75) is 16.2 Å². The Morgan fingerprint density at radius 3 is 2.00 bits per heavy atom. The molecule has 3 aromatic rings. The van der Waals surface area contributed by atoms with Crippen LogP contribution in [0.25, 0.3) is 11.1 Å². The first kappa shape index (κ1) is 23.1. The van der Waals surface area contributed by atoms with E-state index in [0.717, 1.165) is 24.0 Å². The normalized spacial score (nSPS) is 12.7. The van der Waals surface area contributed by atoms with Crippen LogP contribution in [-0.4, -0.2) is 33.5 Å². The van der Waals surface area contributed by atoms with Gasteiger partial charge < -0.3 is 15.2 Å². The molecule has 1 unspecified atom stereocenters. The van der Waals surface area contributed by atoms with E-state index in [9.17, 15) is 13.2 Å². The number of rotatable bonds is 6. The smallest absolute Gasteiger partial charge is 0.343 e. The lowest BCUT2D eigenvalue weighted by molar-refractivity contribution is -0.143. The zero-order valence-corrected chi connectivity index (χ0v) is 18.6. The van der Waals surface area contributed by atoms with E-state index < -0.39 is 27.1 Å². The molecule has 0 heterocycles. The average Bonchev–Trinajstić information content (AvgIpc) is 2.84. The number of benzene rings is 3. The summed E-state index contributed by atoms with van der Waals surface area (Å²) in [5, 5.41) is 0. The van der Waals surface area contributed by atoms with E-state index in [1.54, 1.807) is 43.5 Å². The summed E-state index contributed by atoms with van der Waals surface area (Å²) in [5.41, 5.74) is 8.50. The molecule has 0 aromatic heterocycles. The molecule has 0 aliphatic carbocycles. The first-order valence-electron chi connectivity index (χ1n) is 9.72. The van der Waals surface area contributed by atoms with E-state index in [4.69, 9.17) is 15.2 Å². The molecule has 0 saturated heterocycles. The summed E-state index contributed by atoms with van der Waals surface area (Å²) in [4.78, 5) is 10.0. The van der Waals surface area contributed by atoms with Gasteiger partial charge in [0.15, 0.2) is 0 Å². The lowest BCUT2D eigenvalue weighted by Crippen LogP contribution is -2.55. The third-order valence-electron chi connectivity index (χ3n) is 4.96. The Kier molecular flexibility index (Phi) is 6.98. The predicted octanol–water partition coefficient (Wildman–Crippen LogP) is 3.41. The van der Waals surface area contributed by atoms with Gasteiger partial charge in [-0.2, -0.15) is 0 Å². The van der Waals surface area contributed by atoms with E-state index in [-0.39, 0.29) is 4.90 Å². The van der Waals surface area contributed by atoms with Crippen LogP contribution in [-0.2, 0) is 19.4 Å². The van der Waals surface area contributed by atoms with E-state index >= 15 is 0 Å². The molecule has 1 atom stereocenters. The monoisotopic (exact) mass is 449 g/mol. The van der Waals surface area contributed by atoms with E-state index in [0.29, 0.717) is 5.56 Å². The van der Waals surface area contributed by atoms with Gasteiger partial charge in [0.05, 0.1) is 25.5 Å². The molecule has 0 aliphatic heterocycles. The number of esters is 1. The van der Waals surface area contributed by atoms with Crippen LogP contribution in [0.15, 0.2) is 83.8 Å². The Morgan fingerprint density at radius 2 is 1.47 bits per heavy atom. The summed E-state index contributed by atoms with van der Waals surface area (Å²) < 4.78 is 36.5. The Morgan fingerprint density at radius 1 is 0.906 bits per heavy atom. The van der Waals surface area contributed by atoms with Gasteiger partial charge in [-0.3, -0.25) is 0 Å². The van der Waals surface area contributed by atoms with Gasteiger partial charge in [-0.15, -0.1) is 0 Å². The quantitative estimate of drug-likeness (QED) is 0.458. The second-order valence-electron chi connectivity index (χ2n) is 6.98. The molecule has 0 bridgehead atoms. The summed E-state index contributed by atoms with van der Waals surface area (Å²) in [6.07, 6.45) is -0.420. The van der Waals surface area contributed by atoms with Crippen molar-refractivity contribution in [3.05, 3.63) is 84.4 Å². The molecule has 2 N–H and O–H groups in total. The minimum Gasteiger partial charge on any atom is -0.497 e. The predicted molar refractivity (Wildman–Crippen MR) is 122 cm³/mol. The molecule has 7 heteroatoms. The molecule has 164 valence electrons. The third-order valence-corrected chi connectivity index (χ3v) is 7.12. The Labute approximate surface area is 187 Å². The van der Waals surface area contributed by atoms with Crippen LogP contribution in [0.1, 0.15) is 12.0 Å². The highest BCUT2D eigenvalue weighted by molar-refractivity contribution is 7.93. The maximum Gasteiger partial charge on any atom is 0.343 e. The zero-order chi connectivity index (χ0) is 23.2. The second-order valence-corrected chi connectivity index (χ2v) is 9.19. The molecule has 3 rings (SSSR count). The first-order chi connectivity index (χ1) is 15.3. The van der Waals surface area contributed by atoms with Crippen LogP contribution in [0, 0.1) is 11.8 Å². The largest absolute Gasteiger partial charge is 0.497 e. The maximum absolute atomic E-state index is 13.3. The second kappa shape index (κ2) is 9.69. The SMILES string of the molecule is COC(=O)C(N)(CC#Cc1ccccc1)S(=O)(=O)c1ccc(-c2ccc(OC)cc2)cc1. The van der Waals surface area contributed by atoms with Crippen LogP contribution < -0.4 is 10.5 Å². The van der Waals surface area contributed by atoms with Crippen LogP contribution in [0.4, 0.5) is 0 Å². The van der Waals surface area contributed by atoms with Crippen molar-refractivity contribution in [2.24, 2.45) is 5.73 Å². The molecule has 0 aliphatic rings. The van der Waals surface area contributed by atoms with Crippen LogP contribution in [0.5, 0.6) is 5.75 Å². The van der Waals surface area contributed by atoms with E-state index in [2.05, 4.69) is 11.8 Å². The third kappa shape index (κ3) is 4.67. The van der Waals surface area contributed by atoms with Crippen LogP contribution >= 0.6 is 0 Å². The lowest BCUT2D eigenvalue weighted by Gasteiger charge is -2.24. The van der Waals surface area contributed by atoms with E-state index in [1.807, 2.05) is 30.3 Å². The van der Waals surface area contributed by atoms with Crippen molar-refractivity contribution < 1.29 is 22.7 Å². The van der Waals surface area contributed by atoms with Gasteiger partial charge in [0.25, 0.3) is 0 Å². The fourth-order valence-corrected chi connectivity index (χ4v) is 4.55. The van der Waals surface area contributed by atoms with Gasteiger partial charge in [0, 0.05) is 5.56 Å². The average molecular weight is 450 g/mol.